The molecule has 4 aliphatic rings. The van der Waals surface area contributed by atoms with Gasteiger partial charge in [0.15, 0.2) is 11.4 Å². The fourth-order valence-electron chi connectivity index (χ4n) is 11.6. The van der Waals surface area contributed by atoms with Gasteiger partial charge >= 0.3 is 17.9 Å². The number of carboxylic acids is 1. The Hall–Kier alpha value is -2.56. The number of carbonyl (C=O) groups is 4. The molecule has 0 radical (unpaired) electrons. The van der Waals surface area contributed by atoms with Gasteiger partial charge < -0.3 is 29.9 Å². The van der Waals surface area contributed by atoms with E-state index >= 15 is 0 Å². The van der Waals surface area contributed by atoms with Crippen LogP contribution in [0.25, 0.3) is 0 Å². The number of ether oxygens (including phenoxy) is 2. The first-order chi connectivity index (χ1) is 28.5. The number of unbranched alkanes of at least 4 members (excludes halogenated alkanes) is 18. The summed E-state index contributed by atoms with van der Waals surface area (Å²) in [5.41, 5.74) is -4.87. The minimum absolute atomic E-state index is 0.122. The van der Waals surface area contributed by atoms with Crippen molar-refractivity contribution in [2.45, 2.75) is 225 Å². The number of carboxylic acid groups (broad SMARTS) is 1. The molecule has 10 nitrogen and oxygen atoms in total. The maximum Gasteiger partial charge on any atom is 0.306 e. The van der Waals surface area contributed by atoms with Crippen molar-refractivity contribution in [3.05, 3.63) is 23.3 Å². The molecule has 0 spiro atoms. The lowest BCUT2D eigenvalue weighted by atomic mass is 9.59. The molecule has 10 heteroatoms. The van der Waals surface area contributed by atoms with Crippen molar-refractivity contribution in [3.63, 3.8) is 0 Å². The van der Waals surface area contributed by atoms with Gasteiger partial charge in [-0.25, -0.2) is 0 Å². The van der Waals surface area contributed by atoms with Crippen LogP contribution in [0.2, 0.25) is 0 Å². The van der Waals surface area contributed by atoms with Crippen LogP contribution in [-0.4, -0.2) is 73.6 Å². The third kappa shape index (κ3) is 11.5. The van der Waals surface area contributed by atoms with E-state index in [9.17, 15) is 34.5 Å². The zero-order chi connectivity index (χ0) is 44.1. The Bertz CT molecular complexity index is 1500. The van der Waals surface area contributed by atoms with Crippen LogP contribution < -0.4 is 0 Å². The van der Waals surface area contributed by atoms with Crippen molar-refractivity contribution in [2.75, 3.05) is 6.61 Å². The number of aliphatic hydroxyl groups excluding tert-OH is 1. The summed E-state index contributed by atoms with van der Waals surface area (Å²) in [5, 5.41) is 44.6. The lowest BCUT2D eigenvalue weighted by Crippen LogP contribution is -2.66. The molecule has 0 aromatic rings. The fourth-order valence-corrected chi connectivity index (χ4v) is 11.6. The minimum Gasteiger partial charge on any atom is -0.481 e. The van der Waals surface area contributed by atoms with Crippen LogP contribution >= 0.6 is 0 Å². The average molecular weight is 843 g/mol. The van der Waals surface area contributed by atoms with Gasteiger partial charge in [-0.1, -0.05) is 169 Å². The Morgan fingerprint density at radius 2 is 1.28 bits per heavy atom. The van der Waals surface area contributed by atoms with Crippen molar-refractivity contribution >= 4 is 23.7 Å². The van der Waals surface area contributed by atoms with E-state index in [4.69, 9.17) is 14.6 Å². The molecule has 342 valence electrons. The number of hydrogen-bond acceptors (Lipinski definition) is 9. The molecule has 0 saturated heterocycles. The van der Waals surface area contributed by atoms with E-state index in [0.29, 0.717) is 24.0 Å². The molecule has 9 atom stereocenters. The highest BCUT2D eigenvalue weighted by atomic mass is 16.6. The third-order valence-electron chi connectivity index (χ3n) is 15.1. The zero-order valence-corrected chi connectivity index (χ0v) is 38.2. The van der Waals surface area contributed by atoms with E-state index < -0.39 is 76.3 Å². The largest absolute Gasteiger partial charge is 0.481 e. The normalized spacial score (nSPS) is 30.6. The van der Waals surface area contributed by atoms with E-state index in [1.54, 1.807) is 26.0 Å². The summed E-state index contributed by atoms with van der Waals surface area (Å²) in [6.45, 7) is 11.2. The van der Waals surface area contributed by atoms with Gasteiger partial charge in [-0.05, 0) is 36.8 Å². The van der Waals surface area contributed by atoms with Gasteiger partial charge in [-0.3, -0.25) is 19.2 Å². The Morgan fingerprint density at radius 3 is 1.80 bits per heavy atom. The van der Waals surface area contributed by atoms with Gasteiger partial charge in [0.25, 0.3) is 0 Å². The SMILES string of the molecule is CCCCCCCCCCCCCC(=O)O[C@@]12[C@H](OC(=O)CCCCCCCCCCCC(C)CC(=O)O)[C@@H](C)[C@@]3(O)[C@@H](C=C(CO)C[C@]4(O)C(=O)C(C)=C[C@@H]34)[C@H]1C2(C)C. The summed E-state index contributed by atoms with van der Waals surface area (Å²) >= 11 is 0. The molecule has 1 unspecified atom stereocenters. The van der Waals surface area contributed by atoms with Crippen LogP contribution in [0.15, 0.2) is 23.3 Å². The molecule has 0 aromatic heterocycles. The van der Waals surface area contributed by atoms with E-state index in [2.05, 4.69) is 6.92 Å². The molecule has 60 heavy (non-hydrogen) atoms. The monoisotopic (exact) mass is 843 g/mol. The molecular weight excluding hydrogens is 761 g/mol. The van der Waals surface area contributed by atoms with E-state index in [1.165, 1.54) is 44.9 Å². The second kappa shape index (κ2) is 22.7. The third-order valence-corrected chi connectivity index (χ3v) is 15.1. The number of ketones is 1. The zero-order valence-electron chi connectivity index (χ0n) is 38.2. The Kier molecular flexibility index (Phi) is 18.9. The summed E-state index contributed by atoms with van der Waals surface area (Å²) in [5.74, 6) is -4.79. The summed E-state index contributed by atoms with van der Waals surface area (Å²) in [6, 6.07) is 0. The quantitative estimate of drug-likeness (QED) is 0.0323. The van der Waals surface area contributed by atoms with Crippen molar-refractivity contribution in [2.24, 2.45) is 35.0 Å². The molecule has 4 rings (SSSR count). The first kappa shape index (κ1) is 50.1. The van der Waals surface area contributed by atoms with E-state index in [0.717, 1.165) is 77.0 Å². The predicted octanol–water partition coefficient (Wildman–Crippen LogP) is 10.1. The molecule has 2 saturated carbocycles. The predicted molar refractivity (Wildman–Crippen MR) is 234 cm³/mol. The van der Waals surface area contributed by atoms with Crippen LogP contribution in [-0.2, 0) is 28.7 Å². The van der Waals surface area contributed by atoms with Gasteiger partial charge in [0.1, 0.15) is 11.7 Å². The standard InChI is InChI=1S/C50H82O10/c1-7-8-9-10-11-12-13-16-20-23-26-29-43(55)60-50-44(47(50,5)6)39-32-38(34-51)33-48(57)40(31-36(3)45(48)56)49(39,58)37(4)46(50)59-42(54)28-25-22-19-17-14-15-18-21-24-27-35(2)30-41(52)53/h31-32,35,37,39-40,44,46,51,57-58H,7-30,33-34H2,1-6H3,(H,52,53)/t35?,37-,39+,40-,44+,46-,48-,49-,50-/m1/s1. The smallest absolute Gasteiger partial charge is 0.306 e. The number of aliphatic hydroxyl groups is 3. The lowest BCUT2D eigenvalue weighted by Gasteiger charge is -2.53. The summed E-state index contributed by atoms with van der Waals surface area (Å²) < 4.78 is 13.0. The Balaban J connectivity index is 1.39. The molecular formula is C50H82O10. The highest BCUT2D eigenvalue weighted by Gasteiger charge is 2.88. The van der Waals surface area contributed by atoms with Crippen LogP contribution in [0.4, 0.5) is 0 Å². The van der Waals surface area contributed by atoms with Gasteiger partial charge in [-0.2, -0.15) is 0 Å². The fraction of sp³-hybridized carbons (Fsp3) is 0.840. The van der Waals surface area contributed by atoms with Crippen LogP contribution in [0, 0.1) is 35.0 Å². The number of rotatable bonds is 29. The molecule has 0 aliphatic heterocycles. The summed E-state index contributed by atoms with van der Waals surface area (Å²) in [7, 11) is 0. The van der Waals surface area contributed by atoms with Crippen LogP contribution in [0.1, 0.15) is 202 Å². The minimum atomic E-state index is -1.96. The van der Waals surface area contributed by atoms with Gasteiger partial charge in [0.05, 0.1) is 12.2 Å². The first-order valence-electron chi connectivity index (χ1n) is 24.1. The number of aliphatic carboxylic acids is 1. The molecule has 0 heterocycles. The highest BCUT2D eigenvalue weighted by molar-refractivity contribution is 6.04. The number of hydrogen-bond donors (Lipinski definition) is 4. The summed E-state index contributed by atoms with van der Waals surface area (Å²) in [4.78, 5) is 52.0. The molecule has 0 bridgehead atoms. The number of Topliss-reactive ketones (excluding diaryl/α,β-unsaturated/α-hetero) is 1. The Morgan fingerprint density at radius 1 is 0.783 bits per heavy atom. The molecule has 2 fully saturated rings. The topological polar surface area (TPSA) is 168 Å². The molecule has 0 aromatic carbocycles. The first-order valence-corrected chi connectivity index (χ1v) is 24.1. The second-order valence-corrected chi connectivity index (χ2v) is 20.0. The van der Waals surface area contributed by atoms with Gasteiger partial charge in [0.2, 0.25) is 0 Å². The van der Waals surface area contributed by atoms with Crippen molar-refractivity contribution < 1.29 is 49.1 Å². The maximum absolute atomic E-state index is 13.8. The lowest BCUT2D eigenvalue weighted by molar-refractivity contribution is -0.229. The second-order valence-electron chi connectivity index (χ2n) is 20.0. The summed E-state index contributed by atoms with van der Waals surface area (Å²) in [6.07, 6.45) is 25.9. The maximum atomic E-state index is 13.8. The van der Waals surface area contributed by atoms with Gasteiger partial charge in [-0.15, -0.1) is 0 Å². The molecule has 4 aliphatic carbocycles. The van der Waals surface area contributed by atoms with Crippen LogP contribution in [0.3, 0.4) is 0 Å². The van der Waals surface area contributed by atoms with E-state index in [-0.39, 0.29) is 37.6 Å². The number of esters is 2. The van der Waals surface area contributed by atoms with E-state index in [1.807, 2.05) is 20.8 Å². The van der Waals surface area contributed by atoms with Crippen molar-refractivity contribution in [3.8, 4) is 0 Å². The van der Waals surface area contributed by atoms with Crippen LogP contribution in [0.5, 0.6) is 0 Å². The Labute approximate surface area is 361 Å². The highest BCUT2D eigenvalue weighted by Crippen LogP contribution is 2.77. The van der Waals surface area contributed by atoms with Crippen molar-refractivity contribution in [1.82, 2.24) is 0 Å². The van der Waals surface area contributed by atoms with Crippen molar-refractivity contribution in [1.29, 1.82) is 0 Å². The number of carbonyl (C=O) groups excluding carboxylic acids is 3. The average Bonchev–Trinajstić information content (AvgIpc) is 3.62. The molecule has 4 N–H and O–H groups in total. The number of fused-ring (bicyclic) bond motifs is 5. The molecule has 0 amide bonds. The van der Waals surface area contributed by atoms with Gasteiger partial charge in [0, 0.05) is 54.8 Å².